The molecule has 0 saturated heterocycles. The molecule has 0 saturated carbocycles. The Bertz CT molecular complexity index is 628. The molecule has 16 heavy (non-hydrogen) atoms. The Morgan fingerprint density at radius 1 is 0.938 bits per heavy atom. The van der Waals surface area contributed by atoms with Crippen molar-refractivity contribution in [2.24, 2.45) is 0 Å². The summed E-state index contributed by atoms with van der Waals surface area (Å²) in [5.74, 6) is 1.30. The standard InChI is InChI=1S/C12H10N4/c13-10-7-6-9-12(15-10)16-11(14-9)8-4-2-1-3-5-8/h1-7H,(H3,13,14,15,16). The van der Waals surface area contributed by atoms with Crippen LogP contribution in [0.25, 0.3) is 22.6 Å². The molecule has 0 unspecified atom stereocenters. The quantitative estimate of drug-likeness (QED) is 0.647. The van der Waals surface area contributed by atoms with Crippen LogP contribution in [0.1, 0.15) is 0 Å². The third-order valence-corrected chi connectivity index (χ3v) is 2.41. The Morgan fingerprint density at radius 2 is 1.75 bits per heavy atom. The monoisotopic (exact) mass is 210 g/mol. The molecule has 1 aromatic carbocycles. The zero-order chi connectivity index (χ0) is 11.0. The van der Waals surface area contributed by atoms with Crippen LogP contribution in [0.15, 0.2) is 42.5 Å². The summed E-state index contributed by atoms with van der Waals surface area (Å²) >= 11 is 0. The summed E-state index contributed by atoms with van der Waals surface area (Å²) in [5.41, 5.74) is 8.20. The number of anilines is 1. The van der Waals surface area contributed by atoms with Gasteiger partial charge in [-0.15, -0.1) is 0 Å². The Balaban J connectivity index is 2.19. The molecule has 0 fully saturated rings. The molecule has 4 nitrogen and oxygen atoms in total. The predicted octanol–water partition coefficient (Wildman–Crippen LogP) is 2.21. The van der Waals surface area contributed by atoms with Crippen LogP contribution in [0.4, 0.5) is 5.82 Å². The van der Waals surface area contributed by atoms with Crippen molar-refractivity contribution in [3.8, 4) is 11.4 Å². The smallest absolute Gasteiger partial charge is 0.180 e. The number of pyridine rings is 1. The number of nitrogens with zero attached hydrogens (tertiary/aromatic N) is 2. The van der Waals surface area contributed by atoms with E-state index < -0.39 is 0 Å². The molecule has 3 aromatic rings. The first-order valence-electron chi connectivity index (χ1n) is 5.00. The van der Waals surface area contributed by atoms with Gasteiger partial charge in [-0.1, -0.05) is 30.3 Å². The molecule has 0 aliphatic heterocycles. The number of H-pyrrole nitrogens is 1. The first-order chi connectivity index (χ1) is 7.83. The Morgan fingerprint density at radius 3 is 2.56 bits per heavy atom. The molecule has 0 radical (unpaired) electrons. The van der Waals surface area contributed by atoms with Crippen LogP contribution in [0.3, 0.4) is 0 Å². The highest BCUT2D eigenvalue weighted by molar-refractivity contribution is 5.77. The first kappa shape index (κ1) is 8.91. The molecule has 0 amide bonds. The molecule has 4 heteroatoms. The van der Waals surface area contributed by atoms with E-state index in [1.54, 1.807) is 6.07 Å². The number of hydrogen-bond donors (Lipinski definition) is 2. The number of aromatic amines is 1. The first-order valence-corrected chi connectivity index (χ1v) is 5.00. The number of aromatic nitrogens is 3. The van der Waals surface area contributed by atoms with Crippen LogP contribution in [-0.4, -0.2) is 15.0 Å². The number of hydrogen-bond acceptors (Lipinski definition) is 3. The number of benzene rings is 1. The van der Waals surface area contributed by atoms with E-state index in [-0.39, 0.29) is 0 Å². The highest BCUT2D eigenvalue weighted by Gasteiger charge is 2.05. The van der Waals surface area contributed by atoms with Crippen molar-refractivity contribution < 1.29 is 0 Å². The lowest BCUT2D eigenvalue weighted by Gasteiger charge is -1.92. The number of nitrogen functional groups attached to an aromatic ring is 1. The number of rotatable bonds is 1. The van der Waals surface area contributed by atoms with Gasteiger partial charge in [0.25, 0.3) is 0 Å². The van der Waals surface area contributed by atoms with E-state index in [0.29, 0.717) is 11.5 Å². The topological polar surface area (TPSA) is 67.6 Å². The molecule has 0 bridgehead atoms. The van der Waals surface area contributed by atoms with Crippen molar-refractivity contribution in [2.45, 2.75) is 0 Å². The molecule has 0 aliphatic carbocycles. The van der Waals surface area contributed by atoms with E-state index in [4.69, 9.17) is 5.73 Å². The average Bonchev–Trinajstić information content (AvgIpc) is 2.73. The maximum atomic E-state index is 5.61. The minimum atomic E-state index is 0.485. The van der Waals surface area contributed by atoms with Gasteiger partial charge in [0.15, 0.2) is 5.65 Å². The average molecular weight is 210 g/mol. The molecule has 2 heterocycles. The Hall–Kier alpha value is -2.36. The van der Waals surface area contributed by atoms with Gasteiger partial charge in [-0.05, 0) is 12.1 Å². The highest BCUT2D eigenvalue weighted by Crippen LogP contribution is 2.19. The van der Waals surface area contributed by atoms with Crippen LogP contribution in [0.2, 0.25) is 0 Å². The number of nitrogens with one attached hydrogen (secondary N) is 1. The largest absolute Gasteiger partial charge is 0.384 e. The van der Waals surface area contributed by atoms with Crippen LogP contribution in [0.5, 0.6) is 0 Å². The number of nitrogens with two attached hydrogens (primary N) is 1. The molecular formula is C12H10N4. The number of fused-ring (bicyclic) bond motifs is 1. The summed E-state index contributed by atoms with van der Waals surface area (Å²) in [4.78, 5) is 11.8. The molecular weight excluding hydrogens is 200 g/mol. The molecule has 0 spiro atoms. The lowest BCUT2D eigenvalue weighted by molar-refractivity contribution is 1.30. The molecule has 78 valence electrons. The third-order valence-electron chi connectivity index (χ3n) is 2.41. The van der Waals surface area contributed by atoms with Crippen LogP contribution in [-0.2, 0) is 0 Å². The molecule has 0 atom stereocenters. The third kappa shape index (κ3) is 1.40. The van der Waals surface area contributed by atoms with Crippen molar-refractivity contribution in [3.63, 3.8) is 0 Å². The van der Waals surface area contributed by atoms with E-state index in [0.717, 1.165) is 16.9 Å². The van der Waals surface area contributed by atoms with E-state index in [2.05, 4.69) is 15.0 Å². The maximum absolute atomic E-state index is 5.61. The predicted molar refractivity (Wildman–Crippen MR) is 63.7 cm³/mol. The minimum absolute atomic E-state index is 0.485. The summed E-state index contributed by atoms with van der Waals surface area (Å²) in [7, 11) is 0. The second-order valence-corrected chi connectivity index (χ2v) is 3.56. The fourth-order valence-electron chi connectivity index (χ4n) is 1.64. The van der Waals surface area contributed by atoms with Gasteiger partial charge in [-0.25, -0.2) is 9.97 Å². The number of imidazole rings is 1. The second kappa shape index (κ2) is 3.34. The zero-order valence-corrected chi connectivity index (χ0v) is 8.51. The second-order valence-electron chi connectivity index (χ2n) is 3.56. The van der Waals surface area contributed by atoms with Crippen molar-refractivity contribution in [1.82, 2.24) is 15.0 Å². The van der Waals surface area contributed by atoms with E-state index in [1.165, 1.54) is 0 Å². The highest BCUT2D eigenvalue weighted by atomic mass is 15.0. The van der Waals surface area contributed by atoms with Gasteiger partial charge in [-0.2, -0.15) is 0 Å². The zero-order valence-electron chi connectivity index (χ0n) is 8.51. The van der Waals surface area contributed by atoms with Crippen molar-refractivity contribution in [3.05, 3.63) is 42.5 Å². The van der Waals surface area contributed by atoms with Gasteiger partial charge in [0.1, 0.15) is 11.6 Å². The van der Waals surface area contributed by atoms with Crippen LogP contribution < -0.4 is 5.73 Å². The van der Waals surface area contributed by atoms with Gasteiger partial charge in [0, 0.05) is 5.56 Å². The minimum Gasteiger partial charge on any atom is -0.384 e. The van der Waals surface area contributed by atoms with Crippen LogP contribution >= 0.6 is 0 Å². The molecule has 2 aromatic heterocycles. The van der Waals surface area contributed by atoms with Gasteiger partial charge in [0.05, 0.1) is 5.52 Å². The Kier molecular flexibility index (Phi) is 1.86. The van der Waals surface area contributed by atoms with Crippen LogP contribution in [0, 0.1) is 0 Å². The van der Waals surface area contributed by atoms with E-state index in [9.17, 15) is 0 Å². The summed E-state index contributed by atoms with van der Waals surface area (Å²) in [6.45, 7) is 0. The Labute approximate surface area is 92.2 Å². The normalized spacial score (nSPS) is 10.8. The van der Waals surface area contributed by atoms with Gasteiger partial charge in [-0.3, -0.25) is 0 Å². The fraction of sp³-hybridized carbons (Fsp3) is 0. The summed E-state index contributed by atoms with van der Waals surface area (Å²) in [5, 5.41) is 0. The van der Waals surface area contributed by atoms with E-state index in [1.807, 2.05) is 36.4 Å². The lowest BCUT2D eigenvalue weighted by atomic mass is 10.2. The fourth-order valence-corrected chi connectivity index (χ4v) is 1.64. The van der Waals surface area contributed by atoms with Gasteiger partial charge in [0.2, 0.25) is 0 Å². The molecule has 3 N–H and O–H groups in total. The summed E-state index contributed by atoms with van der Waals surface area (Å²) < 4.78 is 0. The summed E-state index contributed by atoms with van der Waals surface area (Å²) in [6.07, 6.45) is 0. The van der Waals surface area contributed by atoms with Crippen molar-refractivity contribution in [1.29, 1.82) is 0 Å². The van der Waals surface area contributed by atoms with E-state index >= 15 is 0 Å². The molecule has 0 aliphatic rings. The van der Waals surface area contributed by atoms with Gasteiger partial charge >= 0.3 is 0 Å². The van der Waals surface area contributed by atoms with Crippen molar-refractivity contribution in [2.75, 3.05) is 5.73 Å². The molecule has 3 rings (SSSR count). The SMILES string of the molecule is Nc1ccc2[nH]c(-c3ccccc3)nc2n1. The lowest BCUT2D eigenvalue weighted by Crippen LogP contribution is -1.88. The van der Waals surface area contributed by atoms with Crippen molar-refractivity contribution >= 4 is 17.0 Å². The van der Waals surface area contributed by atoms with Gasteiger partial charge < -0.3 is 10.7 Å². The summed E-state index contributed by atoms with van der Waals surface area (Å²) in [6, 6.07) is 13.6. The maximum Gasteiger partial charge on any atom is 0.180 e.